The van der Waals surface area contributed by atoms with Crippen molar-refractivity contribution < 1.29 is 14.3 Å². The first-order valence-electron chi connectivity index (χ1n) is 11.5. The van der Waals surface area contributed by atoms with Crippen molar-refractivity contribution in [2.75, 3.05) is 44.3 Å². The molecule has 0 unspecified atom stereocenters. The Morgan fingerprint density at radius 3 is 2.50 bits per heavy atom. The van der Waals surface area contributed by atoms with Crippen LogP contribution in [0.15, 0.2) is 42.5 Å². The number of para-hydroxylation sites is 1. The van der Waals surface area contributed by atoms with Crippen LogP contribution in [0.4, 0.5) is 5.13 Å². The maximum atomic E-state index is 12.9. The monoisotopic (exact) mass is 453 g/mol. The van der Waals surface area contributed by atoms with Crippen molar-refractivity contribution >= 4 is 32.6 Å². The van der Waals surface area contributed by atoms with Gasteiger partial charge in [0.25, 0.3) is 5.91 Å². The lowest BCUT2D eigenvalue weighted by Crippen LogP contribution is -2.48. The van der Waals surface area contributed by atoms with Crippen LogP contribution in [-0.2, 0) is 0 Å². The van der Waals surface area contributed by atoms with Gasteiger partial charge in [-0.05, 0) is 49.7 Å². The number of carbonyl (C=O) groups is 1. The Morgan fingerprint density at radius 2 is 1.78 bits per heavy atom. The first kappa shape index (κ1) is 22.4. The Bertz CT molecular complexity index is 1030. The van der Waals surface area contributed by atoms with Crippen LogP contribution in [0, 0.1) is 0 Å². The number of anilines is 1. The quantitative estimate of drug-likeness (QED) is 0.416. The summed E-state index contributed by atoms with van der Waals surface area (Å²) in [6, 6.07) is 13.6. The van der Waals surface area contributed by atoms with E-state index in [1.807, 2.05) is 48.2 Å². The van der Waals surface area contributed by atoms with Crippen molar-refractivity contribution in [2.24, 2.45) is 0 Å². The number of nitrogens with zero attached hydrogens (tertiary/aromatic N) is 3. The highest BCUT2D eigenvalue weighted by atomic mass is 32.1. The predicted octanol–water partition coefficient (Wildman–Crippen LogP) is 5.23. The molecule has 1 fully saturated rings. The minimum atomic E-state index is 0.0742. The lowest BCUT2D eigenvalue weighted by molar-refractivity contribution is 0.0746. The molecule has 0 atom stereocenters. The Balaban J connectivity index is 1.34. The van der Waals surface area contributed by atoms with Crippen LogP contribution in [0.1, 0.15) is 43.5 Å². The second-order valence-electron chi connectivity index (χ2n) is 7.89. The molecule has 0 N–H and O–H groups in total. The van der Waals surface area contributed by atoms with Gasteiger partial charge in [-0.2, -0.15) is 0 Å². The molecule has 1 saturated heterocycles. The summed E-state index contributed by atoms with van der Waals surface area (Å²) >= 11 is 1.68. The summed E-state index contributed by atoms with van der Waals surface area (Å²) in [6.45, 7) is 8.42. The van der Waals surface area contributed by atoms with Crippen molar-refractivity contribution in [3.8, 4) is 11.5 Å². The molecule has 32 heavy (non-hydrogen) atoms. The van der Waals surface area contributed by atoms with E-state index < -0.39 is 0 Å². The molecule has 2 aromatic carbocycles. The average molecular weight is 454 g/mol. The summed E-state index contributed by atoms with van der Waals surface area (Å²) in [5.74, 6) is 1.73. The fraction of sp³-hybridized carbons (Fsp3) is 0.440. The molecule has 1 aliphatic heterocycles. The molecule has 0 aliphatic carbocycles. The summed E-state index contributed by atoms with van der Waals surface area (Å²) < 4.78 is 12.6. The number of piperazine rings is 1. The maximum Gasteiger partial charge on any atom is 0.253 e. The number of fused-ring (bicyclic) bond motifs is 1. The van der Waals surface area contributed by atoms with E-state index in [2.05, 4.69) is 17.9 Å². The third kappa shape index (κ3) is 5.15. The highest BCUT2D eigenvalue weighted by Gasteiger charge is 2.24. The molecule has 6 nitrogen and oxygen atoms in total. The summed E-state index contributed by atoms with van der Waals surface area (Å²) in [6.07, 6.45) is 3.41. The fourth-order valence-electron chi connectivity index (χ4n) is 3.84. The standard InChI is InChI=1S/C25H31N3O3S/c1-3-5-6-18-31-20-12-10-19(11-13-20)24(29)27-14-16-28(17-15-27)25-26-23-21(30-4-2)8-7-9-22(23)32-25/h7-13H,3-6,14-18H2,1-2H3. The largest absolute Gasteiger partial charge is 0.494 e. The van der Waals surface area contributed by atoms with Crippen LogP contribution in [0.25, 0.3) is 10.2 Å². The number of rotatable bonds is 9. The number of aromatic nitrogens is 1. The molecule has 0 radical (unpaired) electrons. The zero-order valence-corrected chi connectivity index (χ0v) is 19.7. The van der Waals surface area contributed by atoms with Gasteiger partial charge in [0.2, 0.25) is 0 Å². The van der Waals surface area contributed by atoms with Crippen LogP contribution >= 0.6 is 11.3 Å². The van der Waals surface area contributed by atoms with E-state index in [1.54, 1.807) is 11.3 Å². The normalized spacial score (nSPS) is 14.1. The van der Waals surface area contributed by atoms with E-state index in [4.69, 9.17) is 14.5 Å². The zero-order chi connectivity index (χ0) is 22.3. The second kappa shape index (κ2) is 10.7. The van der Waals surface area contributed by atoms with Gasteiger partial charge in [0.1, 0.15) is 17.0 Å². The van der Waals surface area contributed by atoms with Gasteiger partial charge < -0.3 is 19.3 Å². The Labute approximate surface area is 193 Å². The van der Waals surface area contributed by atoms with Crippen molar-refractivity contribution in [3.05, 3.63) is 48.0 Å². The molecule has 4 rings (SSSR count). The number of hydrogen-bond donors (Lipinski definition) is 0. The van der Waals surface area contributed by atoms with E-state index in [9.17, 15) is 4.79 Å². The summed E-state index contributed by atoms with van der Waals surface area (Å²) in [4.78, 5) is 22.0. The molecular formula is C25H31N3O3S. The molecule has 2 heterocycles. The Morgan fingerprint density at radius 1 is 1.00 bits per heavy atom. The van der Waals surface area contributed by atoms with E-state index in [1.165, 1.54) is 12.8 Å². The highest BCUT2D eigenvalue weighted by molar-refractivity contribution is 7.22. The number of unbranched alkanes of at least 4 members (excludes halogenated alkanes) is 2. The topological polar surface area (TPSA) is 54.9 Å². The summed E-state index contributed by atoms with van der Waals surface area (Å²) in [5.41, 5.74) is 1.63. The number of ether oxygens (including phenoxy) is 2. The van der Waals surface area contributed by atoms with E-state index in [0.717, 1.165) is 53.0 Å². The van der Waals surface area contributed by atoms with Crippen LogP contribution < -0.4 is 14.4 Å². The molecule has 1 amide bonds. The van der Waals surface area contributed by atoms with Crippen molar-refractivity contribution in [3.63, 3.8) is 0 Å². The van der Waals surface area contributed by atoms with Crippen LogP contribution in [-0.4, -0.2) is 55.2 Å². The highest BCUT2D eigenvalue weighted by Crippen LogP contribution is 2.34. The molecule has 1 aliphatic rings. The summed E-state index contributed by atoms with van der Waals surface area (Å²) in [7, 11) is 0. The van der Waals surface area contributed by atoms with Gasteiger partial charge in [-0.15, -0.1) is 0 Å². The lowest BCUT2D eigenvalue weighted by Gasteiger charge is -2.34. The molecule has 170 valence electrons. The minimum Gasteiger partial charge on any atom is -0.494 e. The second-order valence-corrected chi connectivity index (χ2v) is 8.90. The maximum absolute atomic E-state index is 12.9. The SMILES string of the molecule is CCCCCOc1ccc(C(=O)N2CCN(c3nc4c(OCC)cccc4s3)CC2)cc1. The molecule has 0 saturated carbocycles. The number of hydrogen-bond acceptors (Lipinski definition) is 6. The van der Waals surface area contributed by atoms with Gasteiger partial charge >= 0.3 is 0 Å². The first-order chi connectivity index (χ1) is 15.7. The number of carbonyl (C=O) groups excluding carboxylic acids is 1. The Kier molecular flexibility index (Phi) is 7.47. The summed E-state index contributed by atoms with van der Waals surface area (Å²) in [5, 5.41) is 0.990. The smallest absolute Gasteiger partial charge is 0.253 e. The van der Waals surface area contributed by atoms with Crippen LogP contribution in [0.3, 0.4) is 0 Å². The third-order valence-corrected chi connectivity index (χ3v) is 6.71. The van der Waals surface area contributed by atoms with Gasteiger partial charge in [0.15, 0.2) is 5.13 Å². The lowest BCUT2D eigenvalue weighted by atomic mass is 10.1. The van der Waals surface area contributed by atoms with Crippen molar-refractivity contribution in [1.29, 1.82) is 0 Å². The van der Waals surface area contributed by atoms with Crippen LogP contribution in [0.5, 0.6) is 11.5 Å². The number of thiazole rings is 1. The predicted molar refractivity (Wildman–Crippen MR) is 130 cm³/mol. The number of benzene rings is 2. The van der Waals surface area contributed by atoms with Gasteiger partial charge in [0.05, 0.1) is 17.9 Å². The van der Waals surface area contributed by atoms with E-state index >= 15 is 0 Å². The minimum absolute atomic E-state index is 0.0742. The first-order valence-corrected chi connectivity index (χ1v) is 12.3. The van der Waals surface area contributed by atoms with Gasteiger partial charge in [-0.3, -0.25) is 4.79 Å². The van der Waals surface area contributed by atoms with E-state index in [0.29, 0.717) is 25.3 Å². The fourth-order valence-corrected chi connectivity index (χ4v) is 4.87. The molecule has 0 spiro atoms. The zero-order valence-electron chi connectivity index (χ0n) is 18.9. The Hall–Kier alpha value is -2.80. The van der Waals surface area contributed by atoms with Gasteiger partial charge in [-0.25, -0.2) is 4.98 Å². The third-order valence-electron chi connectivity index (χ3n) is 5.63. The molecule has 3 aromatic rings. The van der Waals surface area contributed by atoms with Gasteiger partial charge in [-0.1, -0.05) is 37.2 Å². The molecular weight excluding hydrogens is 422 g/mol. The van der Waals surface area contributed by atoms with Crippen molar-refractivity contribution in [2.45, 2.75) is 33.1 Å². The number of amides is 1. The molecule has 1 aromatic heterocycles. The average Bonchev–Trinajstić information content (AvgIpc) is 3.28. The van der Waals surface area contributed by atoms with Gasteiger partial charge in [0, 0.05) is 31.7 Å². The molecule has 7 heteroatoms. The van der Waals surface area contributed by atoms with Crippen molar-refractivity contribution in [1.82, 2.24) is 9.88 Å². The van der Waals surface area contributed by atoms with Crippen LogP contribution in [0.2, 0.25) is 0 Å². The van der Waals surface area contributed by atoms with E-state index in [-0.39, 0.29) is 5.91 Å². The molecule has 0 bridgehead atoms.